The van der Waals surface area contributed by atoms with E-state index in [2.05, 4.69) is 21.0 Å². The molecule has 0 radical (unpaired) electrons. The highest BCUT2D eigenvalue weighted by Gasteiger charge is 2.43. The molecule has 2 aliphatic heterocycles. The van der Waals surface area contributed by atoms with Crippen molar-refractivity contribution in [3.8, 4) is 23.3 Å². The number of benzene rings is 3. The predicted octanol–water partition coefficient (Wildman–Crippen LogP) is 6.75. The molecule has 5 aromatic rings. The summed E-state index contributed by atoms with van der Waals surface area (Å²) in [5, 5.41) is 11.8. The fourth-order valence-corrected chi connectivity index (χ4v) is 7.03. The second-order valence-corrected chi connectivity index (χ2v) is 13.1. The van der Waals surface area contributed by atoms with Crippen LogP contribution in [0.4, 0.5) is 23.8 Å². The maximum absolute atomic E-state index is 16.8. The third-order valence-corrected chi connectivity index (χ3v) is 9.60. The van der Waals surface area contributed by atoms with E-state index in [1.807, 2.05) is 78.6 Å². The van der Waals surface area contributed by atoms with E-state index < -0.39 is 36.5 Å². The number of carbonyl (C=O) groups excluding carboxylic acids is 1. The van der Waals surface area contributed by atoms with Gasteiger partial charge >= 0.3 is 12.1 Å². The Labute approximate surface area is 293 Å². The number of aromatic nitrogens is 3. The first-order valence-corrected chi connectivity index (χ1v) is 16.8. The third-order valence-electron chi connectivity index (χ3n) is 9.60. The Kier molecular flexibility index (Phi) is 9.35. The van der Waals surface area contributed by atoms with E-state index in [9.17, 15) is 18.8 Å². The van der Waals surface area contributed by atoms with Crippen molar-refractivity contribution in [2.75, 3.05) is 44.7 Å². The number of hydrogen-bond donors (Lipinski definition) is 0. The van der Waals surface area contributed by atoms with Crippen molar-refractivity contribution in [3.63, 3.8) is 0 Å². The summed E-state index contributed by atoms with van der Waals surface area (Å²) in [6, 6.07) is 21.6. The summed E-state index contributed by atoms with van der Waals surface area (Å²) in [5.41, 5.74) is 2.44. The van der Waals surface area contributed by atoms with E-state index in [1.54, 1.807) is 7.05 Å². The lowest BCUT2D eigenvalue weighted by atomic mass is 9.97. The van der Waals surface area contributed by atoms with Crippen LogP contribution in [0.1, 0.15) is 24.0 Å². The highest BCUT2D eigenvalue weighted by Crippen LogP contribution is 2.37. The van der Waals surface area contributed by atoms with E-state index in [4.69, 9.17) is 9.47 Å². The number of anilines is 1. The average molecular weight is 696 g/mol. The Hall–Kier alpha value is -5.48. The molecule has 4 heterocycles. The second-order valence-electron chi connectivity index (χ2n) is 13.1. The maximum atomic E-state index is 16.8. The number of ether oxygens (including phenoxy) is 2. The van der Waals surface area contributed by atoms with E-state index in [0.717, 1.165) is 21.9 Å². The van der Waals surface area contributed by atoms with Crippen molar-refractivity contribution < 1.29 is 27.4 Å². The monoisotopic (exact) mass is 695 g/mol. The molecule has 1 amide bonds. The van der Waals surface area contributed by atoms with Crippen molar-refractivity contribution in [1.82, 2.24) is 24.8 Å². The summed E-state index contributed by atoms with van der Waals surface area (Å²) in [7, 11) is 1.60. The van der Waals surface area contributed by atoms with Gasteiger partial charge in [-0.15, -0.1) is 0 Å². The summed E-state index contributed by atoms with van der Waals surface area (Å²) in [4.78, 5) is 31.8. The zero-order valence-electron chi connectivity index (χ0n) is 28.2. The lowest BCUT2D eigenvalue weighted by Gasteiger charge is -2.40. The van der Waals surface area contributed by atoms with Crippen LogP contribution in [-0.4, -0.2) is 88.7 Å². The zero-order chi connectivity index (χ0) is 35.7. The van der Waals surface area contributed by atoms with Crippen molar-refractivity contribution >= 4 is 33.6 Å². The average Bonchev–Trinajstić information content (AvgIpc) is 3.40. The van der Waals surface area contributed by atoms with Gasteiger partial charge in [-0.3, -0.25) is 9.88 Å². The first kappa shape index (κ1) is 34.0. The molecule has 262 valence electrons. The largest absolute Gasteiger partial charge is 0.462 e. The minimum absolute atomic E-state index is 0.0166. The van der Waals surface area contributed by atoms with Crippen molar-refractivity contribution in [2.24, 2.45) is 0 Å². The van der Waals surface area contributed by atoms with Crippen LogP contribution in [0.2, 0.25) is 0 Å². The zero-order valence-corrected chi connectivity index (χ0v) is 28.2. The molecule has 0 unspecified atom stereocenters. The molecule has 2 fully saturated rings. The molecule has 3 aromatic carbocycles. The summed E-state index contributed by atoms with van der Waals surface area (Å²) in [5.74, 6) is -3.23. The molecule has 0 N–H and O–H groups in total. The molecule has 0 spiro atoms. The number of carbonyl (C=O) groups is 1. The predicted molar refractivity (Wildman–Crippen MR) is 186 cm³/mol. The maximum Gasteiger partial charge on any atom is 0.410 e. The number of piperazine rings is 1. The van der Waals surface area contributed by atoms with Gasteiger partial charge in [0, 0.05) is 43.9 Å². The Morgan fingerprint density at radius 2 is 1.82 bits per heavy atom. The first-order chi connectivity index (χ1) is 24.6. The van der Waals surface area contributed by atoms with Crippen LogP contribution >= 0.6 is 0 Å². The molecule has 2 aromatic heterocycles. The van der Waals surface area contributed by atoms with Gasteiger partial charge in [0.1, 0.15) is 30.2 Å². The van der Waals surface area contributed by atoms with E-state index >= 15 is 4.39 Å². The van der Waals surface area contributed by atoms with Gasteiger partial charge in [0.15, 0.2) is 5.82 Å². The van der Waals surface area contributed by atoms with Gasteiger partial charge in [-0.1, -0.05) is 66.7 Å². The number of hydrogen-bond acceptors (Lipinski definition) is 9. The Balaban J connectivity index is 1.24. The minimum atomic E-state index is -2.85. The van der Waals surface area contributed by atoms with Gasteiger partial charge in [-0.25, -0.2) is 18.0 Å². The summed E-state index contributed by atoms with van der Waals surface area (Å²) < 4.78 is 56.6. The lowest BCUT2D eigenvalue weighted by molar-refractivity contribution is 0.0136. The van der Waals surface area contributed by atoms with Gasteiger partial charge in [-0.05, 0) is 35.9 Å². The quantitative estimate of drug-likeness (QED) is 0.174. The summed E-state index contributed by atoms with van der Waals surface area (Å²) in [6.45, 7) is 2.18. The number of nitriles is 1. The number of aryl methyl sites for hydroxylation is 1. The smallest absolute Gasteiger partial charge is 0.410 e. The molecule has 0 aliphatic carbocycles. The van der Waals surface area contributed by atoms with Gasteiger partial charge in [0.05, 0.1) is 30.5 Å². The van der Waals surface area contributed by atoms with E-state index in [-0.39, 0.29) is 62.9 Å². The number of fused-ring (bicyclic) bond motifs is 2. The van der Waals surface area contributed by atoms with E-state index in [0.29, 0.717) is 16.8 Å². The van der Waals surface area contributed by atoms with Crippen molar-refractivity contribution in [2.45, 2.75) is 44.4 Å². The fourth-order valence-electron chi connectivity index (χ4n) is 7.03. The fraction of sp³-hybridized carbons (Fsp3) is 0.342. The number of alkyl halides is 2. The van der Waals surface area contributed by atoms with Crippen LogP contribution in [0, 0.1) is 24.1 Å². The topological polar surface area (TPSA) is 108 Å². The first-order valence-electron chi connectivity index (χ1n) is 16.8. The van der Waals surface area contributed by atoms with Crippen LogP contribution in [0.15, 0.2) is 72.9 Å². The molecule has 0 bridgehead atoms. The van der Waals surface area contributed by atoms with Crippen molar-refractivity contribution in [1.29, 1.82) is 5.26 Å². The van der Waals surface area contributed by atoms with Gasteiger partial charge in [-0.2, -0.15) is 15.2 Å². The molecule has 51 heavy (non-hydrogen) atoms. The van der Waals surface area contributed by atoms with Crippen LogP contribution in [0.25, 0.3) is 32.9 Å². The van der Waals surface area contributed by atoms with Crippen LogP contribution in [0.3, 0.4) is 0 Å². The highest BCUT2D eigenvalue weighted by molar-refractivity contribution is 6.00. The van der Waals surface area contributed by atoms with Gasteiger partial charge < -0.3 is 19.3 Å². The highest BCUT2D eigenvalue weighted by atomic mass is 19.3. The molecule has 10 nitrogen and oxygen atoms in total. The second kappa shape index (κ2) is 14.0. The van der Waals surface area contributed by atoms with E-state index in [1.165, 1.54) is 16.0 Å². The normalized spacial score (nSPS) is 19.0. The third kappa shape index (κ3) is 6.96. The standard InChI is InChI=1S/C38H36F3N7O3/c1-24-8-6-11-26-12-7-13-29(31(24)26)33-32(39)34-30(19-43-33)35(45-36(44-34)50-22-28-18-38(40,41)23-46(28)2)47-16-17-48(27(20-47)14-15-42)37(49)51-21-25-9-4-3-5-10-25/h3-13,19,27-28H,14,16-18,20-23H2,1-2H3/t27-,28-/m0/s1. The van der Waals surface area contributed by atoms with Gasteiger partial charge in [0.25, 0.3) is 5.92 Å². The number of amides is 1. The molecular weight excluding hydrogens is 659 g/mol. The SMILES string of the molecule is Cc1cccc2cccc(-c3ncc4c(N5CCN(C(=O)OCc6ccccc6)[C@@H](CC#N)C5)nc(OC[C@@H]5CC(F)(F)CN5C)nc4c3F)c12. The Morgan fingerprint density at radius 3 is 2.57 bits per heavy atom. The van der Waals surface area contributed by atoms with Crippen molar-refractivity contribution in [3.05, 3.63) is 89.9 Å². The minimum Gasteiger partial charge on any atom is -0.462 e. The van der Waals surface area contributed by atoms with Crippen LogP contribution in [-0.2, 0) is 11.3 Å². The molecule has 13 heteroatoms. The summed E-state index contributed by atoms with van der Waals surface area (Å²) >= 11 is 0. The van der Waals surface area contributed by atoms with Gasteiger partial charge in [0.2, 0.25) is 0 Å². The molecule has 2 aliphatic rings. The number of nitrogens with zero attached hydrogens (tertiary/aromatic N) is 7. The lowest BCUT2D eigenvalue weighted by Crippen LogP contribution is -2.55. The molecule has 2 atom stereocenters. The number of likely N-dealkylation sites (tertiary alicyclic amines) is 1. The molecular formula is C38H36F3N7O3. The molecule has 7 rings (SSSR count). The number of halogens is 3. The Bertz CT molecular complexity index is 2120. The van der Waals surface area contributed by atoms with Crippen LogP contribution < -0.4 is 9.64 Å². The number of likely N-dealkylation sites (N-methyl/N-ethyl adjacent to an activating group) is 1. The number of rotatable bonds is 8. The molecule has 0 saturated carbocycles. The van der Waals surface area contributed by atoms with Crippen LogP contribution in [0.5, 0.6) is 6.01 Å². The summed E-state index contributed by atoms with van der Waals surface area (Å²) in [6.07, 6.45) is 0.610. The Morgan fingerprint density at radius 1 is 1.04 bits per heavy atom. The number of pyridine rings is 1. The molecule has 2 saturated heterocycles.